The molecule has 0 aliphatic carbocycles. The number of hydrogen-bond acceptors (Lipinski definition) is 7. The highest BCUT2D eigenvalue weighted by Gasteiger charge is 2.26. The average molecular weight is 402 g/mol. The molecule has 0 atom stereocenters. The highest BCUT2D eigenvalue weighted by atomic mass is 16.6. The van der Waals surface area contributed by atoms with E-state index in [1.807, 2.05) is 0 Å². The average Bonchev–Trinajstić information content (AvgIpc) is 2.66. The van der Waals surface area contributed by atoms with Gasteiger partial charge in [-0.25, -0.2) is 28.8 Å². The molecule has 0 aromatic heterocycles. The zero-order valence-corrected chi connectivity index (χ0v) is 14.1. The second kappa shape index (κ2) is 8.00. The molecular formula is C18H10O11. The zero-order chi connectivity index (χ0) is 21.9. The van der Waals surface area contributed by atoms with Gasteiger partial charge < -0.3 is 25.2 Å². The summed E-state index contributed by atoms with van der Waals surface area (Å²) in [4.78, 5) is 68.8. The molecule has 0 saturated carbocycles. The van der Waals surface area contributed by atoms with Crippen LogP contribution in [0.25, 0.3) is 0 Å². The molecule has 11 heteroatoms. The summed E-state index contributed by atoms with van der Waals surface area (Å²) in [5.74, 6) is -9.17. The molecule has 0 aliphatic heterocycles. The summed E-state index contributed by atoms with van der Waals surface area (Å²) >= 11 is 0. The van der Waals surface area contributed by atoms with E-state index in [2.05, 4.69) is 4.74 Å². The number of esters is 2. The van der Waals surface area contributed by atoms with Crippen LogP contribution in [0.5, 0.6) is 0 Å². The van der Waals surface area contributed by atoms with Crippen LogP contribution in [0.1, 0.15) is 62.1 Å². The standard InChI is InChI=1S/C18H10O11/c19-13(20)7-1-3-9(11(5-7)15(23)24)17(27)29-18(28)10-4-2-8(14(21)22)6-12(10)16(25)26/h1-6H,(H,19,20)(H,21,22)(H,23,24)(H,25,26). The van der Waals surface area contributed by atoms with Crippen molar-refractivity contribution in [1.82, 2.24) is 0 Å². The van der Waals surface area contributed by atoms with Crippen LogP contribution in [0.4, 0.5) is 0 Å². The second-order valence-corrected chi connectivity index (χ2v) is 5.42. The Morgan fingerprint density at radius 1 is 0.517 bits per heavy atom. The molecular weight excluding hydrogens is 392 g/mol. The van der Waals surface area contributed by atoms with Gasteiger partial charge in [0.2, 0.25) is 0 Å². The van der Waals surface area contributed by atoms with Gasteiger partial charge in [0.1, 0.15) is 0 Å². The summed E-state index contributed by atoms with van der Waals surface area (Å²) in [7, 11) is 0. The molecule has 0 radical (unpaired) electrons. The lowest BCUT2D eigenvalue weighted by molar-refractivity contribution is 0.0385. The first-order valence-electron chi connectivity index (χ1n) is 7.50. The SMILES string of the molecule is O=C(O)c1ccc(C(=O)OC(=O)c2ccc(C(=O)O)cc2C(=O)O)c(C(=O)O)c1. The van der Waals surface area contributed by atoms with Gasteiger partial charge in [0.05, 0.1) is 33.4 Å². The number of carboxylic acids is 4. The zero-order valence-electron chi connectivity index (χ0n) is 14.1. The molecule has 29 heavy (non-hydrogen) atoms. The van der Waals surface area contributed by atoms with Crippen molar-refractivity contribution in [2.24, 2.45) is 0 Å². The molecule has 0 unspecified atom stereocenters. The second-order valence-electron chi connectivity index (χ2n) is 5.42. The van der Waals surface area contributed by atoms with Crippen LogP contribution in [0.2, 0.25) is 0 Å². The normalized spacial score (nSPS) is 10.1. The summed E-state index contributed by atoms with van der Waals surface area (Å²) in [5, 5.41) is 36.1. The number of benzene rings is 2. The van der Waals surface area contributed by atoms with Gasteiger partial charge in [0.15, 0.2) is 0 Å². The molecule has 0 bridgehead atoms. The summed E-state index contributed by atoms with van der Waals surface area (Å²) < 4.78 is 4.51. The first-order valence-corrected chi connectivity index (χ1v) is 7.50. The molecule has 0 amide bonds. The number of ether oxygens (including phenoxy) is 1. The van der Waals surface area contributed by atoms with Gasteiger partial charge in [-0.1, -0.05) is 0 Å². The van der Waals surface area contributed by atoms with E-state index in [0.29, 0.717) is 12.1 Å². The Morgan fingerprint density at radius 2 is 0.862 bits per heavy atom. The first-order chi connectivity index (χ1) is 13.5. The molecule has 148 valence electrons. The van der Waals surface area contributed by atoms with Gasteiger partial charge in [-0.05, 0) is 36.4 Å². The summed E-state index contributed by atoms with van der Waals surface area (Å²) in [6.07, 6.45) is 0. The van der Waals surface area contributed by atoms with E-state index in [4.69, 9.17) is 20.4 Å². The molecule has 0 saturated heterocycles. The van der Waals surface area contributed by atoms with Gasteiger partial charge in [0.25, 0.3) is 0 Å². The number of hydrogen-bond donors (Lipinski definition) is 4. The van der Waals surface area contributed by atoms with Crippen LogP contribution in [0, 0.1) is 0 Å². The van der Waals surface area contributed by atoms with E-state index in [1.54, 1.807) is 0 Å². The van der Waals surface area contributed by atoms with Gasteiger partial charge >= 0.3 is 35.8 Å². The van der Waals surface area contributed by atoms with Crippen LogP contribution in [-0.2, 0) is 4.74 Å². The monoisotopic (exact) mass is 402 g/mol. The lowest BCUT2D eigenvalue weighted by Crippen LogP contribution is -2.19. The van der Waals surface area contributed by atoms with Crippen molar-refractivity contribution in [3.05, 3.63) is 69.8 Å². The highest BCUT2D eigenvalue weighted by molar-refractivity contribution is 6.11. The van der Waals surface area contributed by atoms with Crippen molar-refractivity contribution in [3.8, 4) is 0 Å². The maximum absolute atomic E-state index is 12.2. The number of aromatic carboxylic acids is 4. The van der Waals surface area contributed by atoms with Crippen molar-refractivity contribution in [1.29, 1.82) is 0 Å². The Balaban J connectivity index is 2.40. The number of rotatable bonds is 6. The van der Waals surface area contributed by atoms with Crippen LogP contribution >= 0.6 is 0 Å². The van der Waals surface area contributed by atoms with Crippen molar-refractivity contribution >= 4 is 35.8 Å². The van der Waals surface area contributed by atoms with E-state index in [1.165, 1.54) is 0 Å². The van der Waals surface area contributed by atoms with Crippen LogP contribution in [0.15, 0.2) is 36.4 Å². The number of carboxylic acid groups (broad SMARTS) is 4. The molecule has 2 aromatic carbocycles. The van der Waals surface area contributed by atoms with Gasteiger partial charge in [-0.3, -0.25) is 0 Å². The van der Waals surface area contributed by atoms with Crippen molar-refractivity contribution < 1.29 is 53.9 Å². The minimum Gasteiger partial charge on any atom is -0.478 e. The Labute approximate surface area is 160 Å². The highest BCUT2D eigenvalue weighted by Crippen LogP contribution is 2.18. The van der Waals surface area contributed by atoms with E-state index in [9.17, 15) is 28.8 Å². The maximum Gasteiger partial charge on any atom is 0.346 e. The molecule has 0 aliphatic rings. The Hall–Kier alpha value is -4.54. The molecule has 0 heterocycles. The molecule has 2 rings (SSSR count). The number of carbonyl (C=O) groups excluding carboxylic acids is 2. The van der Waals surface area contributed by atoms with E-state index >= 15 is 0 Å². The van der Waals surface area contributed by atoms with E-state index in [0.717, 1.165) is 24.3 Å². The number of carbonyl (C=O) groups is 6. The fourth-order valence-electron chi connectivity index (χ4n) is 2.26. The van der Waals surface area contributed by atoms with Crippen LogP contribution in [-0.4, -0.2) is 56.2 Å². The Bertz CT molecular complexity index is 996. The largest absolute Gasteiger partial charge is 0.478 e. The molecule has 0 spiro atoms. The lowest BCUT2D eigenvalue weighted by atomic mass is 10.0. The minimum absolute atomic E-state index is 0.428. The third-order valence-corrected chi connectivity index (χ3v) is 3.62. The van der Waals surface area contributed by atoms with E-state index in [-0.39, 0.29) is 0 Å². The van der Waals surface area contributed by atoms with Crippen molar-refractivity contribution in [2.45, 2.75) is 0 Å². The molecule has 2 aromatic rings. The van der Waals surface area contributed by atoms with Gasteiger partial charge in [-0.15, -0.1) is 0 Å². The topological polar surface area (TPSA) is 193 Å². The predicted molar refractivity (Wildman–Crippen MR) is 90.5 cm³/mol. The van der Waals surface area contributed by atoms with Gasteiger partial charge in [-0.2, -0.15) is 0 Å². The predicted octanol–water partition coefficient (Wildman–Crippen LogP) is 1.48. The third-order valence-electron chi connectivity index (χ3n) is 3.62. The fraction of sp³-hybridized carbons (Fsp3) is 0. The van der Waals surface area contributed by atoms with Crippen LogP contribution < -0.4 is 0 Å². The summed E-state index contributed by atoms with van der Waals surface area (Å²) in [6.45, 7) is 0. The van der Waals surface area contributed by atoms with Crippen LogP contribution in [0.3, 0.4) is 0 Å². The van der Waals surface area contributed by atoms with Gasteiger partial charge in [0, 0.05) is 0 Å². The third kappa shape index (κ3) is 4.42. The van der Waals surface area contributed by atoms with E-state index < -0.39 is 69.2 Å². The first kappa shape index (κ1) is 20.8. The molecule has 4 N–H and O–H groups in total. The Kier molecular flexibility index (Phi) is 5.73. The van der Waals surface area contributed by atoms with Crippen molar-refractivity contribution in [2.75, 3.05) is 0 Å². The smallest absolute Gasteiger partial charge is 0.346 e. The maximum atomic E-state index is 12.2. The summed E-state index contributed by atoms with van der Waals surface area (Å²) in [6, 6.07) is 4.87. The molecule has 0 fully saturated rings. The minimum atomic E-state index is -1.66. The molecule has 11 nitrogen and oxygen atoms in total. The quantitative estimate of drug-likeness (QED) is 0.404. The lowest BCUT2D eigenvalue weighted by Gasteiger charge is -2.09. The fourth-order valence-corrected chi connectivity index (χ4v) is 2.26. The summed E-state index contributed by atoms with van der Waals surface area (Å²) in [5.41, 5.74) is -3.64. The van der Waals surface area contributed by atoms with Crippen molar-refractivity contribution in [3.63, 3.8) is 0 Å². The Morgan fingerprint density at radius 3 is 1.14 bits per heavy atom.